The van der Waals surface area contributed by atoms with E-state index in [0.717, 1.165) is 44.8 Å². The van der Waals surface area contributed by atoms with E-state index in [1.807, 2.05) is 22.9 Å². The molecule has 1 aromatic heterocycles. The van der Waals surface area contributed by atoms with Crippen molar-refractivity contribution < 1.29 is 14.3 Å². The third-order valence-corrected chi connectivity index (χ3v) is 4.99. The summed E-state index contributed by atoms with van der Waals surface area (Å²) in [6.07, 6.45) is 7.17. The Balaban J connectivity index is 1.27. The van der Waals surface area contributed by atoms with Gasteiger partial charge in [-0.05, 0) is 37.1 Å². The van der Waals surface area contributed by atoms with Crippen LogP contribution in [0.15, 0.2) is 43.0 Å². The van der Waals surface area contributed by atoms with E-state index >= 15 is 0 Å². The number of piperidine rings is 1. The minimum absolute atomic E-state index is 0.288. The molecule has 2 aliphatic rings. The molecule has 0 unspecified atom stereocenters. The zero-order chi connectivity index (χ0) is 17.8. The van der Waals surface area contributed by atoms with Crippen molar-refractivity contribution in [3.8, 4) is 5.75 Å². The third-order valence-electron chi connectivity index (χ3n) is 4.99. The van der Waals surface area contributed by atoms with Gasteiger partial charge in [0, 0.05) is 25.5 Å². The number of carbonyl (C=O) groups is 1. The van der Waals surface area contributed by atoms with E-state index in [1.54, 1.807) is 12.5 Å². The van der Waals surface area contributed by atoms with Gasteiger partial charge >= 0.3 is 6.09 Å². The van der Waals surface area contributed by atoms with E-state index in [9.17, 15) is 4.79 Å². The summed E-state index contributed by atoms with van der Waals surface area (Å²) in [7, 11) is 0. The monoisotopic (exact) mass is 356 g/mol. The number of carbonyl (C=O) groups excluding carboxylic acids is 1. The Kier molecular flexibility index (Phi) is 4.79. The van der Waals surface area contributed by atoms with E-state index in [2.05, 4.69) is 27.3 Å². The summed E-state index contributed by atoms with van der Waals surface area (Å²) in [4.78, 5) is 17.8. The second-order valence-electron chi connectivity index (χ2n) is 7.03. The topological polar surface area (TPSA) is 68.6 Å². The molecule has 138 valence electrons. The molecule has 1 aromatic carbocycles. The van der Waals surface area contributed by atoms with Crippen molar-refractivity contribution >= 4 is 6.09 Å². The lowest BCUT2D eigenvalue weighted by molar-refractivity contribution is -0.0111. The third kappa shape index (κ3) is 3.99. The van der Waals surface area contributed by atoms with Crippen LogP contribution in [0.25, 0.3) is 0 Å². The minimum Gasteiger partial charge on any atom is -0.492 e. The lowest BCUT2D eigenvalue weighted by Crippen LogP contribution is -2.50. The average Bonchev–Trinajstić information content (AvgIpc) is 3.27. The van der Waals surface area contributed by atoms with Gasteiger partial charge in [0.25, 0.3) is 0 Å². The first-order valence-electron chi connectivity index (χ1n) is 9.08. The molecule has 4 rings (SSSR count). The molecule has 26 heavy (non-hydrogen) atoms. The predicted octanol–water partition coefficient (Wildman–Crippen LogP) is 2.04. The Morgan fingerprint density at radius 3 is 2.92 bits per heavy atom. The van der Waals surface area contributed by atoms with Crippen molar-refractivity contribution in [2.24, 2.45) is 0 Å². The minimum atomic E-state index is -0.342. The fourth-order valence-electron chi connectivity index (χ4n) is 3.69. The molecule has 2 fully saturated rings. The zero-order valence-corrected chi connectivity index (χ0v) is 14.8. The highest BCUT2D eigenvalue weighted by molar-refractivity contribution is 5.70. The molecule has 7 nitrogen and oxygen atoms in total. The number of hydrogen-bond acceptors (Lipinski definition) is 5. The quantitative estimate of drug-likeness (QED) is 0.858. The van der Waals surface area contributed by atoms with Gasteiger partial charge in [0.05, 0.1) is 19.4 Å². The maximum atomic E-state index is 11.4. The van der Waals surface area contributed by atoms with Crippen LogP contribution in [0.5, 0.6) is 5.75 Å². The molecule has 1 atom stereocenters. The van der Waals surface area contributed by atoms with Crippen LogP contribution in [0, 0.1) is 0 Å². The second-order valence-corrected chi connectivity index (χ2v) is 7.03. The summed E-state index contributed by atoms with van der Waals surface area (Å²) < 4.78 is 13.3. The summed E-state index contributed by atoms with van der Waals surface area (Å²) in [5.41, 5.74) is 0.896. The average molecular weight is 356 g/mol. The van der Waals surface area contributed by atoms with Crippen molar-refractivity contribution in [3.05, 3.63) is 48.5 Å². The molecule has 0 radical (unpaired) electrons. The van der Waals surface area contributed by atoms with Crippen molar-refractivity contribution in [3.63, 3.8) is 0 Å². The summed E-state index contributed by atoms with van der Waals surface area (Å²) in [5.74, 6) is 0.873. The molecule has 3 heterocycles. The van der Waals surface area contributed by atoms with Gasteiger partial charge in [-0.1, -0.05) is 12.1 Å². The number of nitrogens with one attached hydrogen (secondary N) is 1. The molecule has 2 aliphatic heterocycles. The first-order valence-corrected chi connectivity index (χ1v) is 9.08. The Labute approximate surface area is 152 Å². The van der Waals surface area contributed by atoms with Gasteiger partial charge in [-0.3, -0.25) is 4.90 Å². The number of amides is 1. The lowest BCUT2D eigenvalue weighted by atomic mass is 9.93. The van der Waals surface area contributed by atoms with Crippen molar-refractivity contribution in [2.45, 2.75) is 31.5 Å². The van der Waals surface area contributed by atoms with E-state index in [0.29, 0.717) is 13.2 Å². The molecule has 1 N–H and O–H groups in total. The van der Waals surface area contributed by atoms with E-state index in [4.69, 9.17) is 9.47 Å². The number of nitrogens with zero attached hydrogens (tertiary/aromatic N) is 3. The molecule has 1 amide bonds. The summed E-state index contributed by atoms with van der Waals surface area (Å²) in [6.45, 7) is 4.69. The maximum Gasteiger partial charge on any atom is 0.407 e. The molecule has 0 aliphatic carbocycles. The number of imidazole rings is 1. The highest BCUT2D eigenvalue weighted by atomic mass is 16.6. The van der Waals surface area contributed by atoms with E-state index in [1.165, 1.54) is 5.56 Å². The van der Waals surface area contributed by atoms with Crippen molar-refractivity contribution in [1.82, 2.24) is 19.8 Å². The molecular formula is C19H24N4O3. The molecule has 2 aromatic rings. The molecule has 7 heteroatoms. The molecule has 1 spiro atoms. The number of rotatable bonds is 6. The summed E-state index contributed by atoms with van der Waals surface area (Å²) >= 11 is 0. The van der Waals surface area contributed by atoms with E-state index < -0.39 is 0 Å². The van der Waals surface area contributed by atoms with Crippen LogP contribution < -0.4 is 10.1 Å². The number of aromatic nitrogens is 2. The normalized spacial score (nSPS) is 23.0. The largest absolute Gasteiger partial charge is 0.492 e. The van der Waals surface area contributed by atoms with Gasteiger partial charge in [0.15, 0.2) is 0 Å². The zero-order valence-electron chi connectivity index (χ0n) is 14.8. The van der Waals surface area contributed by atoms with Gasteiger partial charge in [0.2, 0.25) is 0 Å². The van der Waals surface area contributed by atoms with Crippen LogP contribution in [0.4, 0.5) is 4.79 Å². The van der Waals surface area contributed by atoms with Crippen molar-refractivity contribution in [2.75, 3.05) is 26.2 Å². The lowest BCUT2D eigenvalue weighted by Gasteiger charge is -2.38. The van der Waals surface area contributed by atoms with Gasteiger partial charge in [0.1, 0.15) is 18.0 Å². The van der Waals surface area contributed by atoms with Gasteiger partial charge in [-0.15, -0.1) is 0 Å². The molecular weight excluding hydrogens is 332 g/mol. The Morgan fingerprint density at radius 2 is 2.19 bits per heavy atom. The molecule has 2 saturated heterocycles. The predicted molar refractivity (Wildman–Crippen MR) is 95.9 cm³/mol. The standard InChI is InChI=1S/C19H24N4O3/c24-18-21-13-19(26-18)6-1-8-23(14-19)12-16-2-4-17(5-3-16)25-11-10-22-9-7-20-15-22/h2-5,7,9,15H,1,6,8,10-14H2,(H,21,24)/t19-/m0/s1. The van der Waals surface area contributed by atoms with Gasteiger partial charge in [-0.2, -0.15) is 0 Å². The van der Waals surface area contributed by atoms with Crippen LogP contribution in [-0.4, -0.2) is 52.4 Å². The first kappa shape index (κ1) is 16.9. The Hall–Kier alpha value is -2.54. The Morgan fingerprint density at radius 1 is 1.31 bits per heavy atom. The fourth-order valence-corrected chi connectivity index (χ4v) is 3.69. The van der Waals surface area contributed by atoms with Crippen LogP contribution in [0.1, 0.15) is 18.4 Å². The number of alkyl carbamates (subject to hydrolysis) is 1. The number of benzene rings is 1. The molecule has 0 bridgehead atoms. The highest BCUT2D eigenvalue weighted by Gasteiger charge is 2.43. The highest BCUT2D eigenvalue weighted by Crippen LogP contribution is 2.29. The SMILES string of the molecule is O=C1NC[C@]2(CCCN(Cc3ccc(OCCn4ccnc4)cc3)C2)O1. The number of likely N-dealkylation sites (tertiary alicyclic amines) is 1. The van der Waals surface area contributed by atoms with Crippen LogP contribution in [-0.2, 0) is 17.8 Å². The Bertz CT molecular complexity index is 732. The fraction of sp³-hybridized carbons (Fsp3) is 0.474. The maximum absolute atomic E-state index is 11.4. The van der Waals surface area contributed by atoms with Crippen LogP contribution in [0.2, 0.25) is 0 Å². The number of ether oxygens (including phenoxy) is 2. The molecule has 0 saturated carbocycles. The van der Waals surface area contributed by atoms with Crippen LogP contribution >= 0.6 is 0 Å². The second kappa shape index (κ2) is 7.37. The smallest absolute Gasteiger partial charge is 0.407 e. The number of hydrogen-bond donors (Lipinski definition) is 1. The van der Waals surface area contributed by atoms with Crippen molar-refractivity contribution in [1.29, 1.82) is 0 Å². The first-order chi connectivity index (χ1) is 12.7. The van der Waals surface area contributed by atoms with Gasteiger partial charge in [-0.25, -0.2) is 9.78 Å². The van der Waals surface area contributed by atoms with Crippen LogP contribution in [0.3, 0.4) is 0 Å². The summed E-state index contributed by atoms with van der Waals surface area (Å²) in [5, 5.41) is 2.79. The summed E-state index contributed by atoms with van der Waals surface area (Å²) in [6, 6.07) is 8.24. The van der Waals surface area contributed by atoms with E-state index in [-0.39, 0.29) is 11.7 Å². The van der Waals surface area contributed by atoms with Gasteiger partial charge < -0.3 is 19.4 Å².